The Kier molecular flexibility index (Phi) is 5.10. The van der Waals surface area contributed by atoms with Crippen LogP contribution in [-0.2, 0) is 17.8 Å². The smallest absolute Gasteiger partial charge is 0.224 e. The lowest BCUT2D eigenvalue weighted by Crippen LogP contribution is -2.39. The van der Waals surface area contributed by atoms with E-state index in [0.29, 0.717) is 18.9 Å². The standard InChI is InChI=1S/C17H24N4OS/c1-3-15-12-23-17(19-15)14-5-4-7-20(11-14)16(22)6-8-21-10-13(2)9-18-21/h9-10,12,14H,3-8,11H2,1-2H3/t14-/m1/s1. The van der Waals surface area contributed by atoms with Crippen molar-refractivity contribution >= 4 is 17.2 Å². The Morgan fingerprint density at radius 1 is 1.48 bits per heavy atom. The number of hydrogen-bond acceptors (Lipinski definition) is 4. The van der Waals surface area contributed by atoms with Gasteiger partial charge in [-0.3, -0.25) is 9.48 Å². The second-order valence-electron chi connectivity index (χ2n) is 6.24. The number of aryl methyl sites for hydroxylation is 3. The quantitative estimate of drug-likeness (QED) is 0.846. The molecular weight excluding hydrogens is 308 g/mol. The van der Waals surface area contributed by atoms with Gasteiger partial charge in [0.2, 0.25) is 5.91 Å². The van der Waals surface area contributed by atoms with Crippen LogP contribution in [0.4, 0.5) is 0 Å². The number of carbonyl (C=O) groups is 1. The number of likely N-dealkylation sites (tertiary alicyclic amines) is 1. The number of aromatic nitrogens is 3. The molecule has 5 nitrogen and oxygen atoms in total. The fraction of sp³-hybridized carbons (Fsp3) is 0.588. The van der Waals surface area contributed by atoms with Crippen LogP contribution in [0.1, 0.15) is 48.4 Å². The molecule has 0 bridgehead atoms. The summed E-state index contributed by atoms with van der Waals surface area (Å²) < 4.78 is 1.85. The molecule has 2 aromatic rings. The number of piperidine rings is 1. The average Bonchev–Trinajstić information content (AvgIpc) is 3.21. The van der Waals surface area contributed by atoms with Crippen LogP contribution in [0.15, 0.2) is 17.8 Å². The van der Waals surface area contributed by atoms with Crippen LogP contribution in [0, 0.1) is 6.92 Å². The first-order chi connectivity index (χ1) is 11.2. The highest BCUT2D eigenvalue weighted by molar-refractivity contribution is 7.09. The minimum atomic E-state index is 0.232. The van der Waals surface area contributed by atoms with Gasteiger partial charge in [-0.1, -0.05) is 6.92 Å². The molecule has 3 rings (SSSR count). The molecule has 0 unspecified atom stereocenters. The maximum Gasteiger partial charge on any atom is 0.224 e. The van der Waals surface area contributed by atoms with E-state index in [4.69, 9.17) is 4.98 Å². The van der Waals surface area contributed by atoms with Crippen LogP contribution >= 0.6 is 11.3 Å². The predicted molar refractivity (Wildman–Crippen MR) is 91.6 cm³/mol. The van der Waals surface area contributed by atoms with E-state index in [0.717, 1.165) is 37.9 Å². The number of nitrogens with zero attached hydrogens (tertiary/aromatic N) is 4. The molecule has 0 aromatic carbocycles. The molecule has 2 aromatic heterocycles. The largest absolute Gasteiger partial charge is 0.342 e. The van der Waals surface area contributed by atoms with Crippen molar-refractivity contribution in [2.24, 2.45) is 0 Å². The number of thiazole rings is 1. The Morgan fingerprint density at radius 2 is 2.35 bits per heavy atom. The van der Waals surface area contributed by atoms with Gasteiger partial charge >= 0.3 is 0 Å². The first-order valence-electron chi connectivity index (χ1n) is 8.37. The highest BCUT2D eigenvalue weighted by atomic mass is 32.1. The molecule has 0 aliphatic carbocycles. The van der Waals surface area contributed by atoms with Crippen molar-refractivity contribution in [2.45, 2.75) is 52.0 Å². The molecular formula is C17H24N4OS. The van der Waals surface area contributed by atoms with Crippen molar-refractivity contribution in [3.05, 3.63) is 34.0 Å². The Hall–Kier alpha value is -1.69. The first-order valence-corrected chi connectivity index (χ1v) is 9.24. The molecule has 1 amide bonds. The van der Waals surface area contributed by atoms with Gasteiger partial charge in [-0.25, -0.2) is 4.98 Å². The summed E-state index contributed by atoms with van der Waals surface area (Å²) in [5, 5.41) is 7.59. The zero-order valence-electron chi connectivity index (χ0n) is 13.9. The molecule has 0 saturated carbocycles. The minimum Gasteiger partial charge on any atom is -0.342 e. The normalized spacial score (nSPS) is 18.3. The number of carbonyl (C=O) groups excluding carboxylic acids is 1. The lowest BCUT2D eigenvalue weighted by molar-refractivity contribution is -0.132. The average molecular weight is 332 g/mol. The molecule has 23 heavy (non-hydrogen) atoms. The lowest BCUT2D eigenvalue weighted by atomic mass is 9.98. The maximum absolute atomic E-state index is 12.5. The first kappa shape index (κ1) is 16.2. The summed E-state index contributed by atoms with van der Waals surface area (Å²) in [4.78, 5) is 19.2. The molecule has 1 atom stereocenters. The van der Waals surface area contributed by atoms with E-state index >= 15 is 0 Å². The highest BCUT2D eigenvalue weighted by Crippen LogP contribution is 2.29. The van der Waals surface area contributed by atoms with Crippen molar-refractivity contribution in [3.63, 3.8) is 0 Å². The van der Waals surface area contributed by atoms with Crippen molar-refractivity contribution in [3.8, 4) is 0 Å². The SMILES string of the molecule is CCc1csc([C@@H]2CCCN(C(=O)CCn3cc(C)cn3)C2)n1. The Labute approximate surface area is 141 Å². The second-order valence-corrected chi connectivity index (χ2v) is 7.13. The van der Waals surface area contributed by atoms with E-state index in [1.807, 2.05) is 28.9 Å². The lowest BCUT2D eigenvalue weighted by Gasteiger charge is -2.32. The van der Waals surface area contributed by atoms with Gasteiger partial charge in [0, 0.05) is 43.5 Å². The molecule has 124 valence electrons. The number of rotatable bonds is 5. The predicted octanol–water partition coefficient (Wildman–Crippen LogP) is 3.01. The van der Waals surface area contributed by atoms with Gasteiger partial charge in [-0.05, 0) is 31.7 Å². The van der Waals surface area contributed by atoms with E-state index in [9.17, 15) is 4.79 Å². The Balaban J connectivity index is 1.55. The van der Waals surface area contributed by atoms with Crippen LogP contribution < -0.4 is 0 Å². The van der Waals surface area contributed by atoms with Crippen LogP contribution in [0.25, 0.3) is 0 Å². The molecule has 6 heteroatoms. The Morgan fingerprint density at radius 3 is 3.04 bits per heavy atom. The summed E-state index contributed by atoms with van der Waals surface area (Å²) in [5.74, 6) is 0.639. The van der Waals surface area contributed by atoms with E-state index in [1.165, 1.54) is 10.7 Å². The van der Waals surface area contributed by atoms with Crippen molar-refractivity contribution in [1.29, 1.82) is 0 Å². The summed E-state index contributed by atoms with van der Waals surface area (Å²) >= 11 is 1.74. The fourth-order valence-electron chi connectivity index (χ4n) is 3.04. The maximum atomic E-state index is 12.5. The van der Waals surface area contributed by atoms with E-state index in [1.54, 1.807) is 11.3 Å². The third kappa shape index (κ3) is 3.99. The minimum absolute atomic E-state index is 0.232. The van der Waals surface area contributed by atoms with Gasteiger partial charge in [-0.15, -0.1) is 11.3 Å². The molecule has 1 aliphatic rings. The summed E-state index contributed by atoms with van der Waals surface area (Å²) in [7, 11) is 0. The fourth-order valence-corrected chi connectivity index (χ4v) is 4.07. The molecule has 0 spiro atoms. The van der Waals surface area contributed by atoms with Crippen LogP contribution in [0.2, 0.25) is 0 Å². The number of hydrogen-bond donors (Lipinski definition) is 0. The zero-order valence-corrected chi connectivity index (χ0v) is 14.7. The van der Waals surface area contributed by atoms with Gasteiger partial charge in [0.1, 0.15) is 0 Å². The van der Waals surface area contributed by atoms with Gasteiger partial charge in [0.25, 0.3) is 0 Å². The topological polar surface area (TPSA) is 51.0 Å². The van der Waals surface area contributed by atoms with E-state index in [-0.39, 0.29) is 5.91 Å². The van der Waals surface area contributed by atoms with E-state index in [2.05, 4.69) is 17.4 Å². The molecule has 0 radical (unpaired) electrons. The van der Waals surface area contributed by atoms with Crippen molar-refractivity contribution < 1.29 is 4.79 Å². The highest BCUT2D eigenvalue weighted by Gasteiger charge is 2.26. The zero-order chi connectivity index (χ0) is 16.2. The van der Waals surface area contributed by atoms with Crippen LogP contribution in [0.3, 0.4) is 0 Å². The van der Waals surface area contributed by atoms with E-state index < -0.39 is 0 Å². The molecule has 3 heterocycles. The summed E-state index contributed by atoms with van der Waals surface area (Å²) in [6, 6.07) is 0. The molecule has 1 aliphatic heterocycles. The van der Waals surface area contributed by atoms with Gasteiger partial charge in [0.15, 0.2) is 0 Å². The molecule has 1 fully saturated rings. The Bertz CT molecular complexity index is 663. The molecule has 0 N–H and O–H groups in total. The third-order valence-corrected chi connectivity index (χ3v) is 5.43. The summed E-state index contributed by atoms with van der Waals surface area (Å²) in [6.07, 6.45) is 7.52. The number of amides is 1. The van der Waals surface area contributed by atoms with Crippen molar-refractivity contribution in [1.82, 2.24) is 19.7 Å². The van der Waals surface area contributed by atoms with Gasteiger partial charge < -0.3 is 4.90 Å². The van der Waals surface area contributed by atoms with Gasteiger partial charge in [-0.2, -0.15) is 5.10 Å². The van der Waals surface area contributed by atoms with Gasteiger partial charge in [0.05, 0.1) is 16.9 Å². The molecule has 1 saturated heterocycles. The van der Waals surface area contributed by atoms with Crippen LogP contribution in [0.5, 0.6) is 0 Å². The third-order valence-electron chi connectivity index (χ3n) is 4.37. The summed E-state index contributed by atoms with van der Waals surface area (Å²) in [5.41, 5.74) is 2.30. The van der Waals surface area contributed by atoms with Crippen molar-refractivity contribution in [2.75, 3.05) is 13.1 Å². The second kappa shape index (κ2) is 7.25. The summed E-state index contributed by atoms with van der Waals surface area (Å²) in [6.45, 7) is 6.49. The van der Waals surface area contributed by atoms with Crippen LogP contribution in [-0.4, -0.2) is 38.7 Å². The monoisotopic (exact) mass is 332 g/mol.